The van der Waals surface area contributed by atoms with Crippen LogP contribution in [0.3, 0.4) is 0 Å². The zero-order valence-electron chi connectivity index (χ0n) is 16.5. The molecule has 0 aliphatic carbocycles. The van der Waals surface area contributed by atoms with E-state index in [0.29, 0.717) is 6.54 Å². The molecular weight excluding hydrogens is 353 g/mol. The third kappa shape index (κ3) is 4.90. The Kier molecular flexibility index (Phi) is 6.57. The molecule has 0 bridgehead atoms. The van der Waals surface area contributed by atoms with Crippen molar-refractivity contribution in [2.24, 2.45) is 0 Å². The van der Waals surface area contributed by atoms with Crippen LogP contribution in [0, 0.1) is 5.82 Å². The average molecular weight is 384 g/mol. The van der Waals surface area contributed by atoms with Gasteiger partial charge in [0.1, 0.15) is 5.82 Å². The minimum absolute atomic E-state index is 0.113. The number of hydrogen-bond donors (Lipinski definition) is 1. The van der Waals surface area contributed by atoms with Gasteiger partial charge in [-0.1, -0.05) is 30.3 Å². The van der Waals surface area contributed by atoms with E-state index in [1.807, 2.05) is 12.1 Å². The molecule has 0 atom stereocenters. The molecule has 2 aromatic rings. The van der Waals surface area contributed by atoms with E-state index in [9.17, 15) is 4.39 Å². The van der Waals surface area contributed by atoms with Crippen LogP contribution in [0.4, 0.5) is 10.1 Å². The molecule has 0 aromatic heterocycles. The predicted molar refractivity (Wildman–Crippen MR) is 111 cm³/mol. The molecule has 0 amide bonds. The molecule has 0 spiro atoms. The smallest absolute Gasteiger partial charge is 0.129 e. The first-order chi connectivity index (χ1) is 13.8. The number of benzene rings is 2. The first-order valence-electron chi connectivity index (χ1n) is 10.4. The van der Waals surface area contributed by atoms with Crippen molar-refractivity contribution in [3.8, 4) is 0 Å². The highest BCUT2D eigenvalue weighted by Crippen LogP contribution is 2.26. The molecule has 4 nitrogen and oxygen atoms in total. The number of nitrogens with one attached hydrogen (secondary N) is 1. The lowest BCUT2D eigenvalue weighted by Crippen LogP contribution is -2.35. The molecule has 4 rings (SSSR count). The number of rotatable bonds is 7. The molecule has 2 aromatic carbocycles. The second-order valence-electron chi connectivity index (χ2n) is 7.74. The fraction of sp³-hybridized carbons (Fsp3) is 0.478. The molecule has 2 heterocycles. The lowest BCUT2D eigenvalue weighted by molar-refractivity contribution is 0.0342. The van der Waals surface area contributed by atoms with E-state index in [1.165, 1.54) is 24.0 Å². The first-order valence-corrected chi connectivity index (χ1v) is 10.4. The maximum absolute atomic E-state index is 14.4. The molecule has 28 heavy (non-hydrogen) atoms. The highest BCUT2D eigenvalue weighted by molar-refractivity contribution is 5.54. The quantitative estimate of drug-likeness (QED) is 0.791. The van der Waals surface area contributed by atoms with Crippen molar-refractivity contribution in [2.45, 2.75) is 32.5 Å². The van der Waals surface area contributed by atoms with Crippen LogP contribution >= 0.6 is 0 Å². The molecule has 150 valence electrons. The SMILES string of the molecule is Fc1cccc(N2CCCC2)c1CNCc1ccc(CN2CCOCC2)cc1. The second kappa shape index (κ2) is 9.50. The van der Waals surface area contributed by atoms with E-state index >= 15 is 0 Å². The van der Waals surface area contributed by atoms with Gasteiger partial charge in [-0.2, -0.15) is 0 Å². The Morgan fingerprint density at radius 3 is 2.32 bits per heavy atom. The summed E-state index contributed by atoms with van der Waals surface area (Å²) in [4.78, 5) is 4.73. The topological polar surface area (TPSA) is 27.7 Å². The van der Waals surface area contributed by atoms with Crippen molar-refractivity contribution >= 4 is 5.69 Å². The van der Waals surface area contributed by atoms with Gasteiger partial charge in [-0.05, 0) is 36.1 Å². The van der Waals surface area contributed by atoms with E-state index < -0.39 is 0 Å². The van der Waals surface area contributed by atoms with Crippen molar-refractivity contribution in [2.75, 3.05) is 44.3 Å². The van der Waals surface area contributed by atoms with E-state index in [1.54, 1.807) is 6.07 Å². The maximum Gasteiger partial charge on any atom is 0.129 e. The molecule has 2 saturated heterocycles. The summed E-state index contributed by atoms with van der Waals surface area (Å²) in [6.45, 7) is 8.00. The summed E-state index contributed by atoms with van der Waals surface area (Å²) < 4.78 is 19.8. The van der Waals surface area contributed by atoms with Crippen LogP contribution in [-0.2, 0) is 24.4 Å². The Morgan fingerprint density at radius 1 is 0.857 bits per heavy atom. The molecule has 1 N–H and O–H groups in total. The normalized spacial score (nSPS) is 18.0. The standard InChI is InChI=1S/C23H30FN3O/c24-22-4-3-5-23(27-10-1-2-11-27)21(22)17-25-16-19-6-8-20(9-7-19)18-26-12-14-28-15-13-26/h3-9,25H,1-2,10-18H2. The van der Waals surface area contributed by atoms with Gasteiger partial charge in [0.15, 0.2) is 0 Å². The molecule has 2 aliphatic rings. The minimum atomic E-state index is -0.113. The van der Waals surface area contributed by atoms with E-state index in [4.69, 9.17) is 4.74 Å². The number of anilines is 1. The van der Waals surface area contributed by atoms with Crippen molar-refractivity contribution in [1.29, 1.82) is 0 Å². The van der Waals surface area contributed by atoms with Crippen LogP contribution in [0.1, 0.15) is 29.5 Å². The highest BCUT2D eigenvalue weighted by atomic mass is 19.1. The fourth-order valence-electron chi connectivity index (χ4n) is 4.09. The molecule has 2 aliphatic heterocycles. The lowest BCUT2D eigenvalue weighted by Gasteiger charge is -2.26. The fourth-order valence-corrected chi connectivity index (χ4v) is 4.09. The van der Waals surface area contributed by atoms with Gasteiger partial charge >= 0.3 is 0 Å². The maximum atomic E-state index is 14.4. The van der Waals surface area contributed by atoms with Crippen LogP contribution in [-0.4, -0.2) is 44.3 Å². The number of ether oxygens (including phenoxy) is 1. The first kappa shape index (κ1) is 19.4. The zero-order chi connectivity index (χ0) is 19.2. The van der Waals surface area contributed by atoms with Gasteiger partial charge in [-0.25, -0.2) is 4.39 Å². The van der Waals surface area contributed by atoms with Crippen LogP contribution in [0.25, 0.3) is 0 Å². The number of nitrogens with zero attached hydrogens (tertiary/aromatic N) is 2. The lowest BCUT2D eigenvalue weighted by atomic mass is 10.1. The van der Waals surface area contributed by atoms with Gasteiger partial charge in [0, 0.05) is 57.1 Å². The monoisotopic (exact) mass is 383 g/mol. The van der Waals surface area contributed by atoms with Gasteiger partial charge in [0.05, 0.1) is 13.2 Å². The minimum Gasteiger partial charge on any atom is -0.379 e. The number of morpholine rings is 1. The van der Waals surface area contributed by atoms with Crippen molar-refractivity contribution < 1.29 is 9.13 Å². The summed E-state index contributed by atoms with van der Waals surface area (Å²) in [7, 11) is 0. The Morgan fingerprint density at radius 2 is 1.57 bits per heavy atom. The Labute approximate surface area is 167 Å². The van der Waals surface area contributed by atoms with Crippen molar-refractivity contribution in [3.05, 3.63) is 65.0 Å². The van der Waals surface area contributed by atoms with E-state index in [2.05, 4.69) is 39.4 Å². The molecule has 5 heteroatoms. The summed E-state index contributed by atoms with van der Waals surface area (Å²) in [5.41, 5.74) is 4.39. The molecule has 0 radical (unpaired) electrons. The van der Waals surface area contributed by atoms with Gasteiger partial charge in [-0.15, -0.1) is 0 Å². The third-order valence-corrected chi connectivity index (χ3v) is 5.70. The second-order valence-corrected chi connectivity index (χ2v) is 7.74. The largest absolute Gasteiger partial charge is 0.379 e. The Bertz CT molecular complexity index is 753. The van der Waals surface area contributed by atoms with Crippen molar-refractivity contribution in [1.82, 2.24) is 10.2 Å². The molecule has 2 fully saturated rings. The van der Waals surface area contributed by atoms with Crippen LogP contribution in [0.2, 0.25) is 0 Å². The summed E-state index contributed by atoms with van der Waals surface area (Å²) in [6, 6.07) is 14.2. The summed E-state index contributed by atoms with van der Waals surface area (Å²) in [5, 5.41) is 3.43. The summed E-state index contributed by atoms with van der Waals surface area (Å²) >= 11 is 0. The predicted octanol–water partition coefficient (Wildman–Crippen LogP) is 3.55. The zero-order valence-corrected chi connectivity index (χ0v) is 16.5. The Hall–Kier alpha value is -1.95. The van der Waals surface area contributed by atoms with Crippen LogP contribution in [0.15, 0.2) is 42.5 Å². The van der Waals surface area contributed by atoms with Crippen molar-refractivity contribution in [3.63, 3.8) is 0 Å². The van der Waals surface area contributed by atoms with Gasteiger partial charge in [-0.3, -0.25) is 4.90 Å². The molecule has 0 saturated carbocycles. The van der Waals surface area contributed by atoms with E-state index in [0.717, 1.165) is 63.7 Å². The van der Waals surface area contributed by atoms with E-state index in [-0.39, 0.29) is 5.82 Å². The summed E-state index contributed by atoms with van der Waals surface area (Å²) in [6.07, 6.45) is 2.39. The average Bonchev–Trinajstić information content (AvgIpc) is 3.26. The molecular formula is C23H30FN3O. The summed E-state index contributed by atoms with van der Waals surface area (Å²) in [5.74, 6) is -0.113. The number of hydrogen-bond acceptors (Lipinski definition) is 4. The van der Waals surface area contributed by atoms with Gasteiger partial charge in [0.25, 0.3) is 0 Å². The van der Waals surface area contributed by atoms with Crippen LogP contribution in [0.5, 0.6) is 0 Å². The number of halogens is 1. The molecule has 0 unspecified atom stereocenters. The highest BCUT2D eigenvalue weighted by Gasteiger charge is 2.17. The Balaban J connectivity index is 1.31. The van der Waals surface area contributed by atoms with Gasteiger partial charge in [0.2, 0.25) is 0 Å². The van der Waals surface area contributed by atoms with Crippen LogP contribution < -0.4 is 10.2 Å². The van der Waals surface area contributed by atoms with Gasteiger partial charge < -0.3 is 15.0 Å². The third-order valence-electron chi connectivity index (χ3n) is 5.70.